The quantitative estimate of drug-likeness (QED) is 0.586. The molecule has 0 saturated carbocycles. The minimum atomic E-state index is -0.582. The number of nitrogens with zero attached hydrogens (tertiary/aromatic N) is 3. The van der Waals surface area contributed by atoms with Crippen LogP contribution < -0.4 is 14.4 Å². The van der Waals surface area contributed by atoms with Gasteiger partial charge in [0.15, 0.2) is 16.6 Å². The van der Waals surface area contributed by atoms with Gasteiger partial charge in [0, 0.05) is 30.7 Å². The van der Waals surface area contributed by atoms with E-state index in [1.807, 2.05) is 41.3 Å². The molecule has 5 rings (SSSR count). The van der Waals surface area contributed by atoms with Gasteiger partial charge in [0.25, 0.3) is 5.91 Å². The maximum Gasteiger partial charge on any atom is 0.267 e. The van der Waals surface area contributed by atoms with Crippen LogP contribution in [0.4, 0.5) is 5.13 Å². The number of para-hydroxylation sites is 2. The zero-order valence-corrected chi connectivity index (χ0v) is 17.4. The number of anilines is 1. The lowest BCUT2D eigenvalue weighted by Crippen LogP contribution is -2.54. The van der Waals surface area contributed by atoms with Crippen LogP contribution in [0.15, 0.2) is 46.9 Å². The first-order valence-corrected chi connectivity index (χ1v) is 10.8. The highest BCUT2D eigenvalue weighted by molar-refractivity contribution is 9.10. The second kappa shape index (κ2) is 7.25. The van der Waals surface area contributed by atoms with Gasteiger partial charge in [-0.05, 0) is 30.3 Å². The van der Waals surface area contributed by atoms with E-state index in [1.165, 1.54) is 0 Å². The molecule has 1 unspecified atom stereocenters. The van der Waals surface area contributed by atoms with Crippen molar-refractivity contribution in [1.82, 2.24) is 9.88 Å². The molecule has 3 aromatic rings. The Kier molecular flexibility index (Phi) is 4.60. The lowest BCUT2D eigenvalue weighted by atomic mass is 10.2. The highest BCUT2D eigenvalue weighted by Gasteiger charge is 2.33. The summed E-state index contributed by atoms with van der Waals surface area (Å²) in [5.41, 5.74) is 1.01. The zero-order valence-electron chi connectivity index (χ0n) is 15.0. The SMILES string of the molecule is O=C(C1COc2ccccc2O1)N1CCN(c2nc3ccc(Br)cc3s2)CC1. The lowest BCUT2D eigenvalue weighted by molar-refractivity contribution is -0.141. The smallest absolute Gasteiger partial charge is 0.267 e. The maximum atomic E-state index is 12.9. The largest absolute Gasteiger partial charge is 0.485 e. The molecule has 8 heteroatoms. The summed E-state index contributed by atoms with van der Waals surface area (Å²) in [4.78, 5) is 21.7. The van der Waals surface area contributed by atoms with Gasteiger partial charge in [-0.15, -0.1) is 0 Å². The number of aromatic nitrogens is 1. The van der Waals surface area contributed by atoms with E-state index >= 15 is 0 Å². The molecule has 0 aliphatic carbocycles. The van der Waals surface area contributed by atoms with Gasteiger partial charge in [0.05, 0.1) is 10.2 Å². The van der Waals surface area contributed by atoms with E-state index in [0.29, 0.717) is 24.6 Å². The number of fused-ring (bicyclic) bond motifs is 2. The van der Waals surface area contributed by atoms with Crippen LogP contribution in [0.3, 0.4) is 0 Å². The average molecular weight is 460 g/mol. The number of hydrogen-bond acceptors (Lipinski definition) is 6. The Morgan fingerprint density at radius 2 is 1.89 bits per heavy atom. The molecule has 6 nitrogen and oxygen atoms in total. The fourth-order valence-corrected chi connectivity index (χ4v) is 5.05. The summed E-state index contributed by atoms with van der Waals surface area (Å²) in [6.07, 6.45) is -0.582. The van der Waals surface area contributed by atoms with Crippen molar-refractivity contribution in [2.45, 2.75) is 6.10 Å². The van der Waals surface area contributed by atoms with Crippen molar-refractivity contribution in [2.75, 3.05) is 37.7 Å². The molecule has 1 saturated heterocycles. The van der Waals surface area contributed by atoms with Gasteiger partial charge in [-0.3, -0.25) is 4.79 Å². The monoisotopic (exact) mass is 459 g/mol. The summed E-state index contributed by atoms with van der Waals surface area (Å²) in [5, 5.41) is 1.01. The molecule has 144 valence electrons. The third-order valence-electron chi connectivity index (χ3n) is 4.99. The van der Waals surface area contributed by atoms with Gasteiger partial charge in [0.1, 0.15) is 6.61 Å². The van der Waals surface area contributed by atoms with Crippen LogP contribution in [0.1, 0.15) is 0 Å². The number of halogens is 1. The molecular weight excluding hydrogens is 442 g/mol. The minimum Gasteiger partial charge on any atom is -0.485 e. The molecule has 3 heterocycles. The number of ether oxygens (including phenoxy) is 2. The van der Waals surface area contributed by atoms with Crippen LogP contribution in [0, 0.1) is 0 Å². The van der Waals surface area contributed by atoms with E-state index in [4.69, 9.17) is 14.5 Å². The van der Waals surface area contributed by atoms with Gasteiger partial charge in [-0.2, -0.15) is 0 Å². The highest BCUT2D eigenvalue weighted by atomic mass is 79.9. The Morgan fingerprint density at radius 3 is 2.71 bits per heavy atom. The third kappa shape index (κ3) is 3.31. The molecule has 1 aromatic heterocycles. The van der Waals surface area contributed by atoms with E-state index in [2.05, 4.69) is 26.9 Å². The molecule has 1 amide bonds. The summed E-state index contributed by atoms with van der Waals surface area (Å²) in [6, 6.07) is 13.6. The van der Waals surface area contributed by atoms with Crippen LogP contribution in [0.25, 0.3) is 10.2 Å². The summed E-state index contributed by atoms with van der Waals surface area (Å²) in [7, 11) is 0. The zero-order chi connectivity index (χ0) is 19.1. The van der Waals surface area contributed by atoms with Crippen molar-refractivity contribution in [2.24, 2.45) is 0 Å². The molecular formula is C20H18BrN3O3S. The molecule has 1 fully saturated rings. The van der Waals surface area contributed by atoms with Gasteiger partial charge in [0.2, 0.25) is 6.10 Å². The summed E-state index contributed by atoms with van der Waals surface area (Å²) in [6.45, 7) is 3.08. The predicted molar refractivity (Wildman–Crippen MR) is 112 cm³/mol. The Bertz CT molecular complexity index is 1030. The third-order valence-corrected chi connectivity index (χ3v) is 6.56. The Hall–Kier alpha value is -2.32. The van der Waals surface area contributed by atoms with E-state index in [0.717, 1.165) is 32.9 Å². The van der Waals surface area contributed by atoms with Crippen LogP contribution in [-0.4, -0.2) is 54.7 Å². The first-order valence-electron chi connectivity index (χ1n) is 9.16. The fourth-order valence-electron chi connectivity index (χ4n) is 3.48. The minimum absolute atomic E-state index is 0.0117. The molecule has 0 spiro atoms. The normalized spacial score (nSPS) is 19.1. The number of carbonyl (C=O) groups is 1. The second-order valence-corrected chi connectivity index (χ2v) is 8.71. The first kappa shape index (κ1) is 17.8. The number of rotatable bonds is 2. The predicted octanol–water partition coefficient (Wildman–Crippen LogP) is 3.55. The first-order chi connectivity index (χ1) is 13.7. The summed E-state index contributed by atoms with van der Waals surface area (Å²) >= 11 is 5.19. The van der Waals surface area contributed by atoms with Crippen molar-refractivity contribution >= 4 is 48.5 Å². The molecule has 0 N–H and O–H groups in total. The molecule has 28 heavy (non-hydrogen) atoms. The molecule has 1 atom stereocenters. The van der Waals surface area contributed by atoms with Crippen molar-refractivity contribution in [3.05, 3.63) is 46.9 Å². The van der Waals surface area contributed by atoms with Gasteiger partial charge < -0.3 is 19.3 Å². The molecule has 0 radical (unpaired) electrons. The number of thiazole rings is 1. The molecule has 0 bridgehead atoms. The van der Waals surface area contributed by atoms with Crippen LogP contribution in [-0.2, 0) is 4.79 Å². The highest BCUT2D eigenvalue weighted by Crippen LogP contribution is 2.33. The fraction of sp³-hybridized carbons (Fsp3) is 0.300. The standard InChI is InChI=1S/C20H18BrN3O3S/c21-13-5-6-14-18(11-13)28-20(22-14)24-9-7-23(8-10-24)19(25)17-12-26-15-3-1-2-4-16(15)27-17/h1-6,11,17H,7-10,12H2. The number of carbonyl (C=O) groups excluding carboxylic acids is 1. The number of benzene rings is 2. The summed E-state index contributed by atoms with van der Waals surface area (Å²) < 4.78 is 13.8. The molecule has 2 aromatic carbocycles. The maximum absolute atomic E-state index is 12.9. The summed E-state index contributed by atoms with van der Waals surface area (Å²) in [5.74, 6) is 1.31. The van der Waals surface area contributed by atoms with Crippen molar-refractivity contribution in [3.8, 4) is 11.5 Å². The lowest BCUT2D eigenvalue weighted by Gasteiger charge is -2.37. The van der Waals surface area contributed by atoms with E-state index < -0.39 is 6.10 Å². The topological polar surface area (TPSA) is 54.9 Å². The van der Waals surface area contributed by atoms with Crippen LogP contribution in [0.5, 0.6) is 11.5 Å². The Morgan fingerprint density at radius 1 is 1.11 bits per heavy atom. The molecule has 2 aliphatic heterocycles. The van der Waals surface area contributed by atoms with Gasteiger partial charge >= 0.3 is 0 Å². The van der Waals surface area contributed by atoms with Crippen LogP contribution >= 0.6 is 27.3 Å². The van der Waals surface area contributed by atoms with E-state index in [9.17, 15) is 4.79 Å². The number of hydrogen-bond donors (Lipinski definition) is 0. The second-order valence-electron chi connectivity index (χ2n) is 6.79. The Balaban J connectivity index is 1.23. The van der Waals surface area contributed by atoms with Crippen molar-refractivity contribution in [1.29, 1.82) is 0 Å². The average Bonchev–Trinajstić information content (AvgIpc) is 3.16. The van der Waals surface area contributed by atoms with Crippen molar-refractivity contribution in [3.63, 3.8) is 0 Å². The van der Waals surface area contributed by atoms with E-state index in [-0.39, 0.29) is 12.5 Å². The van der Waals surface area contributed by atoms with Gasteiger partial charge in [-0.25, -0.2) is 4.98 Å². The van der Waals surface area contributed by atoms with Crippen LogP contribution in [0.2, 0.25) is 0 Å². The van der Waals surface area contributed by atoms with E-state index in [1.54, 1.807) is 11.3 Å². The Labute approximate surface area is 174 Å². The van der Waals surface area contributed by atoms with Gasteiger partial charge in [-0.1, -0.05) is 39.4 Å². The molecule has 2 aliphatic rings. The van der Waals surface area contributed by atoms with Crippen molar-refractivity contribution < 1.29 is 14.3 Å². The number of piperazine rings is 1. The number of amides is 1.